The van der Waals surface area contributed by atoms with Gasteiger partial charge in [-0.05, 0) is 90.6 Å². The molecule has 0 fully saturated rings. The number of nitrogens with one attached hydrogen (secondary N) is 2. The predicted octanol–water partition coefficient (Wildman–Crippen LogP) is 5.08. The van der Waals surface area contributed by atoms with Crippen LogP contribution in [0.2, 0.25) is 0 Å². The summed E-state index contributed by atoms with van der Waals surface area (Å²) in [5.74, 6) is 0.550. The monoisotopic (exact) mass is 383 g/mol. The number of nitrogens with zero attached hydrogens (tertiary/aromatic N) is 1. The first-order valence-electron chi connectivity index (χ1n) is 7.97. The SMILES string of the molecule is Fc1ccc(NC(=S)N/N=C/c2ccc(Oc3ccc(F)cc3)cc2)cc1. The lowest BCUT2D eigenvalue weighted by atomic mass is 10.2. The number of thiocarbonyl (C=S) groups is 1. The molecule has 0 radical (unpaired) electrons. The Bertz CT molecular complexity index is 927. The van der Waals surface area contributed by atoms with Crippen molar-refractivity contribution in [2.45, 2.75) is 0 Å². The Labute approximate surface area is 160 Å². The minimum absolute atomic E-state index is 0.286. The molecule has 136 valence electrons. The summed E-state index contributed by atoms with van der Waals surface area (Å²) in [7, 11) is 0. The van der Waals surface area contributed by atoms with Crippen LogP contribution in [-0.4, -0.2) is 11.3 Å². The van der Waals surface area contributed by atoms with Crippen LogP contribution in [0.25, 0.3) is 0 Å². The van der Waals surface area contributed by atoms with Gasteiger partial charge < -0.3 is 10.1 Å². The van der Waals surface area contributed by atoms with E-state index >= 15 is 0 Å². The Hall–Kier alpha value is -3.32. The summed E-state index contributed by atoms with van der Waals surface area (Å²) in [5, 5.41) is 7.22. The summed E-state index contributed by atoms with van der Waals surface area (Å²) in [6.07, 6.45) is 1.60. The summed E-state index contributed by atoms with van der Waals surface area (Å²) in [6, 6.07) is 18.8. The van der Waals surface area contributed by atoms with E-state index in [0.717, 1.165) is 5.56 Å². The van der Waals surface area contributed by atoms with Crippen LogP contribution < -0.4 is 15.5 Å². The maximum atomic E-state index is 12.9. The third-order valence-electron chi connectivity index (χ3n) is 3.41. The van der Waals surface area contributed by atoms with Crippen LogP contribution >= 0.6 is 12.2 Å². The standard InChI is InChI=1S/C20H15F2N3OS/c21-15-3-7-17(8-4-15)24-20(27)25-23-13-14-1-9-18(10-2-14)26-19-11-5-16(22)6-12-19/h1-13H,(H2,24,25,27)/b23-13+. The van der Waals surface area contributed by atoms with E-state index in [1.54, 1.807) is 42.6 Å². The van der Waals surface area contributed by atoms with Crippen molar-refractivity contribution in [3.63, 3.8) is 0 Å². The van der Waals surface area contributed by atoms with E-state index in [1.807, 2.05) is 12.1 Å². The molecule has 0 aliphatic rings. The largest absolute Gasteiger partial charge is 0.457 e. The van der Waals surface area contributed by atoms with Crippen molar-refractivity contribution >= 4 is 29.2 Å². The van der Waals surface area contributed by atoms with Crippen LogP contribution in [0, 0.1) is 11.6 Å². The zero-order chi connectivity index (χ0) is 19.1. The van der Waals surface area contributed by atoms with Crippen molar-refractivity contribution in [1.29, 1.82) is 0 Å². The second-order valence-electron chi connectivity index (χ2n) is 5.46. The molecule has 0 amide bonds. The molecular weight excluding hydrogens is 368 g/mol. The van der Waals surface area contributed by atoms with E-state index in [2.05, 4.69) is 15.8 Å². The average Bonchev–Trinajstić information content (AvgIpc) is 2.67. The van der Waals surface area contributed by atoms with Gasteiger partial charge in [0.1, 0.15) is 23.1 Å². The highest BCUT2D eigenvalue weighted by Gasteiger charge is 1.99. The smallest absolute Gasteiger partial charge is 0.191 e. The number of hydrogen-bond acceptors (Lipinski definition) is 3. The fourth-order valence-electron chi connectivity index (χ4n) is 2.12. The van der Waals surface area contributed by atoms with Crippen molar-refractivity contribution < 1.29 is 13.5 Å². The van der Waals surface area contributed by atoms with Crippen molar-refractivity contribution in [3.8, 4) is 11.5 Å². The lowest BCUT2D eigenvalue weighted by molar-refractivity contribution is 0.480. The third kappa shape index (κ3) is 5.86. The van der Waals surface area contributed by atoms with E-state index in [1.165, 1.54) is 24.3 Å². The van der Waals surface area contributed by atoms with Gasteiger partial charge in [0.25, 0.3) is 0 Å². The molecule has 0 unspecified atom stereocenters. The van der Waals surface area contributed by atoms with Gasteiger partial charge >= 0.3 is 0 Å². The number of anilines is 1. The van der Waals surface area contributed by atoms with Gasteiger partial charge in [-0.25, -0.2) is 8.78 Å². The van der Waals surface area contributed by atoms with E-state index in [-0.39, 0.29) is 16.7 Å². The first-order chi connectivity index (χ1) is 13.1. The molecule has 0 aliphatic carbocycles. The fraction of sp³-hybridized carbons (Fsp3) is 0. The summed E-state index contributed by atoms with van der Waals surface area (Å²) in [6.45, 7) is 0. The zero-order valence-corrected chi connectivity index (χ0v) is 14.8. The molecule has 0 aliphatic heterocycles. The van der Waals surface area contributed by atoms with Crippen LogP contribution in [0.1, 0.15) is 5.56 Å². The lowest BCUT2D eigenvalue weighted by Gasteiger charge is -2.07. The second kappa shape index (κ2) is 8.86. The van der Waals surface area contributed by atoms with Gasteiger partial charge in [0.05, 0.1) is 6.21 Å². The quantitative estimate of drug-likeness (QED) is 0.367. The Morgan fingerprint density at radius 2 is 1.33 bits per heavy atom. The highest BCUT2D eigenvalue weighted by Crippen LogP contribution is 2.21. The number of hydrogen-bond donors (Lipinski definition) is 2. The van der Waals surface area contributed by atoms with E-state index in [0.29, 0.717) is 17.2 Å². The fourth-order valence-corrected chi connectivity index (χ4v) is 2.29. The molecule has 3 aromatic carbocycles. The van der Waals surface area contributed by atoms with E-state index < -0.39 is 0 Å². The number of rotatable bonds is 5. The number of halogens is 2. The molecule has 0 saturated heterocycles. The van der Waals surface area contributed by atoms with Gasteiger partial charge in [0.2, 0.25) is 0 Å². The topological polar surface area (TPSA) is 45.7 Å². The van der Waals surface area contributed by atoms with Crippen LogP contribution in [0.5, 0.6) is 11.5 Å². The predicted molar refractivity (Wildman–Crippen MR) is 106 cm³/mol. The first kappa shape index (κ1) is 18.5. The molecule has 2 N–H and O–H groups in total. The van der Waals surface area contributed by atoms with Gasteiger partial charge in [-0.1, -0.05) is 0 Å². The third-order valence-corrected chi connectivity index (χ3v) is 3.60. The summed E-state index contributed by atoms with van der Waals surface area (Å²) in [4.78, 5) is 0. The molecule has 3 rings (SSSR count). The van der Waals surface area contributed by atoms with Gasteiger partial charge in [0.15, 0.2) is 5.11 Å². The maximum absolute atomic E-state index is 12.9. The van der Waals surface area contributed by atoms with E-state index in [4.69, 9.17) is 17.0 Å². The maximum Gasteiger partial charge on any atom is 0.191 e. The zero-order valence-electron chi connectivity index (χ0n) is 14.0. The van der Waals surface area contributed by atoms with Crippen LogP contribution in [0.3, 0.4) is 0 Å². The minimum atomic E-state index is -0.315. The summed E-state index contributed by atoms with van der Waals surface area (Å²) < 4.78 is 31.4. The molecule has 0 atom stereocenters. The van der Waals surface area contributed by atoms with Crippen molar-refractivity contribution in [1.82, 2.24) is 5.43 Å². The van der Waals surface area contributed by atoms with E-state index in [9.17, 15) is 8.78 Å². The van der Waals surface area contributed by atoms with Gasteiger partial charge in [-0.3, -0.25) is 5.43 Å². The van der Waals surface area contributed by atoms with Gasteiger partial charge in [0, 0.05) is 5.69 Å². The molecule has 0 bridgehead atoms. The molecular formula is C20H15F2N3OS. The normalized spacial score (nSPS) is 10.6. The highest BCUT2D eigenvalue weighted by atomic mass is 32.1. The molecule has 0 saturated carbocycles. The van der Waals surface area contributed by atoms with Crippen molar-refractivity contribution in [3.05, 3.63) is 90.0 Å². The van der Waals surface area contributed by atoms with Crippen LogP contribution in [0.15, 0.2) is 77.9 Å². The summed E-state index contributed by atoms with van der Waals surface area (Å²) >= 11 is 5.11. The Morgan fingerprint density at radius 3 is 1.93 bits per heavy atom. The van der Waals surface area contributed by atoms with Crippen LogP contribution in [-0.2, 0) is 0 Å². The lowest BCUT2D eigenvalue weighted by Crippen LogP contribution is -2.23. The molecule has 7 heteroatoms. The molecule has 27 heavy (non-hydrogen) atoms. The molecule has 0 aromatic heterocycles. The van der Waals surface area contributed by atoms with Crippen molar-refractivity contribution in [2.24, 2.45) is 5.10 Å². The first-order valence-corrected chi connectivity index (χ1v) is 8.38. The Kier molecular flexibility index (Phi) is 6.06. The Morgan fingerprint density at radius 1 is 0.815 bits per heavy atom. The molecule has 3 aromatic rings. The average molecular weight is 383 g/mol. The van der Waals surface area contributed by atoms with Crippen LogP contribution in [0.4, 0.5) is 14.5 Å². The number of ether oxygens (including phenoxy) is 1. The van der Waals surface area contributed by atoms with Gasteiger partial charge in [-0.15, -0.1) is 0 Å². The number of hydrazone groups is 1. The highest BCUT2D eigenvalue weighted by molar-refractivity contribution is 7.80. The van der Waals surface area contributed by atoms with Gasteiger partial charge in [-0.2, -0.15) is 5.10 Å². The second-order valence-corrected chi connectivity index (χ2v) is 5.86. The summed E-state index contributed by atoms with van der Waals surface area (Å²) in [5.41, 5.74) is 4.17. The van der Waals surface area contributed by atoms with Crippen molar-refractivity contribution in [2.75, 3.05) is 5.32 Å². The number of benzene rings is 3. The molecule has 0 heterocycles. The molecule has 4 nitrogen and oxygen atoms in total. The minimum Gasteiger partial charge on any atom is -0.457 e. The Balaban J connectivity index is 1.50. The molecule has 0 spiro atoms.